The Morgan fingerprint density at radius 1 is 1.50 bits per heavy atom. The van der Waals surface area contributed by atoms with E-state index in [9.17, 15) is 13.2 Å². The van der Waals surface area contributed by atoms with Crippen molar-refractivity contribution in [2.24, 2.45) is 0 Å². The third-order valence-corrected chi connectivity index (χ3v) is 3.06. The number of urea groups is 1. The summed E-state index contributed by atoms with van der Waals surface area (Å²) in [7, 11) is -3.09. The molecule has 2 N–H and O–H groups in total. The van der Waals surface area contributed by atoms with Gasteiger partial charge in [-0.05, 0) is 19.9 Å². The van der Waals surface area contributed by atoms with E-state index in [0.29, 0.717) is 0 Å². The molecule has 0 saturated heterocycles. The van der Waals surface area contributed by atoms with Crippen molar-refractivity contribution in [1.82, 2.24) is 10.6 Å². The van der Waals surface area contributed by atoms with Gasteiger partial charge in [-0.15, -0.1) is 0 Å². The van der Waals surface area contributed by atoms with Crippen molar-refractivity contribution in [3.05, 3.63) is 11.5 Å². The van der Waals surface area contributed by atoms with Crippen molar-refractivity contribution in [3.8, 4) is 0 Å². The SMILES string of the molecule is CC(C)NC(=O)NC1C=CS(=O)(=O)C1. The van der Waals surface area contributed by atoms with E-state index in [2.05, 4.69) is 10.6 Å². The second-order valence-corrected chi connectivity index (χ2v) is 5.47. The molecule has 1 unspecified atom stereocenters. The van der Waals surface area contributed by atoms with Crippen LogP contribution in [0.25, 0.3) is 0 Å². The number of hydrogen-bond acceptors (Lipinski definition) is 3. The van der Waals surface area contributed by atoms with Gasteiger partial charge in [-0.3, -0.25) is 0 Å². The Balaban J connectivity index is 2.41. The molecule has 0 aromatic carbocycles. The maximum atomic E-state index is 11.2. The molecule has 1 heterocycles. The van der Waals surface area contributed by atoms with Crippen LogP contribution in [0.2, 0.25) is 0 Å². The predicted octanol–water partition coefficient (Wildman–Crippen LogP) is 0.00470. The lowest BCUT2D eigenvalue weighted by Crippen LogP contribution is -2.44. The summed E-state index contributed by atoms with van der Waals surface area (Å²) in [6.45, 7) is 3.67. The lowest BCUT2D eigenvalue weighted by molar-refractivity contribution is 0.237. The topological polar surface area (TPSA) is 75.3 Å². The molecule has 0 saturated carbocycles. The standard InChI is InChI=1S/C8H14N2O3S/c1-6(2)9-8(11)10-7-3-4-14(12,13)5-7/h3-4,6-7H,5H2,1-2H3,(H2,9,10,11). The third-order valence-electron chi connectivity index (χ3n) is 1.67. The number of carbonyl (C=O) groups excluding carboxylic acids is 1. The summed E-state index contributed by atoms with van der Waals surface area (Å²) in [6.07, 6.45) is 1.48. The van der Waals surface area contributed by atoms with Crippen LogP contribution >= 0.6 is 0 Å². The number of sulfone groups is 1. The minimum atomic E-state index is -3.09. The molecule has 0 radical (unpaired) electrons. The van der Waals surface area contributed by atoms with Gasteiger partial charge in [0.2, 0.25) is 0 Å². The molecule has 0 aromatic rings. The van der Waals surface area contributed by atoms with Gasteiger partial charge in [0.15, 0.2) is 9.84 Å². The average molecular weight is 218 g/mol. The van der Waals surface area contributed by atoms with E-state index in [-0.39, 0.29) is 17.8 Å². The second kappa shape index (κ2) is 4.00. The van der Waals surface area contributed by atoms with Crippen molar-refractivity contribution < 1.29 is 13.2 Å². The molecule has 1 atom stereocenters. The summed E-state index contributed by atoms with van der Waals surface area (Å²) in [5, 5.41) is 6.30. The maximum absolute atomic E-state index is 11.2. The Hall–Kier alpha value is -1.04. The summed E-state index contributed by atoms with van der Waals surface area (Å²) < 4.78 is 22.0. The van der Waals surface area contributed by atoms with Crippen LogP contribution in [0.3, 0.4) is 0 Å². The zero-order valence-corrected chi connectivity index (χ0v) is 8.97. The minimum absolute atomic E-state index is 0.0389. The first-order chi connectivity index (χ1) is 6.39. The van der Waals surface area contributed by atoms with Gasteiger partial charge in [-0.1, -0.05) is 0 Å². The van der Waals surface area contributed by atoms with E-state index in [1.165, 1.54) is 6.08 Å². The summed E-state index contributed by atoms with van der Waals surface area (Å²) in [5.74, 6) is -0.0431. The van der Waals surface area contributed by atoms with Crippen LogP contribution in [0.1, 0.15) is 13.8 Å². The molecule has 80 valence electrons. The lowest BCUT2D eigenvalue weighted by Gasteiger charge is -2.13. The van der Waals surface area contributed by atoms with Crippen LogP contribution in [0, 0.1) is 0 Å². The van der Waals surface area contributed by atoms with Gasteiger partial charge >= 0.3 is 6.03 Å². The van der Waals surface area contributed by atoms with Gasteiger partial charge in [0.1, 0.15) is 0 Å². The molecular weight excluding hydrogens is 204 g/mol. The Morgan fingerprint density at radius 2 is 2.14 bits per heavy atom. The van der Waals surface area contributed by atoms with Crippen molar-refractivity contribution in [2.75, 3.05) is 5.75 Å². The fourth-order valence-corrected chi connectivity index (χ4v) is 2.37. The Morgan fingerprint density at radius 3 is 2.57 bits per heavy atom. The molecule has 14 heavy (non-hydrogen) atoms. The van der Waals surface area contributed by atoms with Gasteiger partial charge in [-0.25, -0.2) is 13.2 Å². The van der Waals surface area contributed by atoms with E-state index >= 15 is 0 Å². The van der Waals surface area contributed by atoms with Gasteiger partial charge in [0, 0.05) is 11.4 Å². The molecule has 0 bridgehead atoms. The van der Waals surface area contributed by atoms with E-state index in [1.807, 2.05) is 13.8 Å². The Labute approximate surface area is 83.5 Å². The summed E-state index contributed by atoms with van der Waals surface area (Å²) >= 11 is 0. The van der Waals surface area contributed by atoms with Crippen molar-refractivity contribution in [2.45, 2.75) is 25.9 Å². The number of amides is 2. The van der Waals surface area contributed by atoms with Gasteiger partial charge < -0.3 is 10.6 Å². The predicted molar refractivity (Wildman–Crippen MR) is 53.5 cm³/mol. The molecule has 1 rings (SSSR count). The maximum Gasteiger partial charge on any atom is 0.315 e. The van der Waals surface area contributed by atoms with Gasteiger partial charge in [0.25, 0.3) is 0 Å². The molecule has 5 nitrogen and oxygen atoms in total. The van der Waals surface area contributed by atoms with Crippen molar-refractivity contribution >= 4 is 15.9 Å². The van der Waals surface area contributed by atoms with Crippen molar-refractivity contribution in [3.63, 3.8) is 0 Å². The van der Waals surface area contributed by atoms with Crippen LogP contribution in [0.4, 0.5) is 4.79 Å². The number of nitrogens with one attached hydrogen (secondary N) is 2. The van der Waals surface area contributed by atoms with Crippen LogP contribution in [0.15, 0.2) is 11.5 Å². The van der Waals surface area contributed by atoms with Crippen molar-refractivity contribution in [1.29, 1.82) is 0 Å². The summed E-state index contributed by atoms with van der Waals surface area (Å²) in [6, 6.07) is -0.706. The monoisotopic (exact) mass is 218 g/mol. The zero-order chi connectivity index (χ0) is 10.8. The second-order valence-electron chi connectivity index (χ2n) is 3.54. The molecule has 1 aliphatic rings. The zero-order valence-electron chi connectivity index (χ0n) is 8.15. The van der Waals surface area contributed by atoms with Crippen LogP contribution < -0.4 is 10.6 Å². The van der Waals surface area contributed by atoms with E-state index in [1.54, 1.807) is 0 Å². The number of carbonyl (C=O) groups is 1. The first kappa shape index (κ1) is 11.0. The quantitative estimate of drug-likeness (QED) is 0.685. The molecular formula is C8H14N2O3S. The molecule has 2 amide bonds. The van der Waals surface area contributed by atoms with Gasteiger partial charge in [0.05, 0.1) is 11.8 Å². The Kier molecular flexibility index (Phi) is 3.15. The van der Waals surface area contributed by atoms with E-state index in [0.717, 1.165) is 5.41 Å². The lowest BCUT2D eigenvalue weighted by atomic mass is 10.3. The Bertz CT molecular complexity index is 346. The average Bonchev–Trinajstić information content (AvgIpc) is 2.27. The molecule has 6 heteroatoms. The molecule has 0 fully saturated rings. The van der Waals surface area contributed by atoms with Crippen LogP contribution in [-0.4, -0.2) is 32.3 Å². The van der Waals surface area contributed by atoms with Crippen LogP contribution in [-0.2, 0) is 9.84 Å². The highest BCUT2D eigenvalue weighted by Gasteiger charge is 2.22. The fraction of sp³-hybridized carbons (Fsp3) is 0.625. The normalized spacial score (nSPS) is 23.8. The highest BCUT2D eigenvalue weighted by atomic mass is 32.2. The fourth-order valence-electron chi connectivity index (χ4n) is 1.14. The number of hydrogen-bond donors (Lipinski definition) is 2. The summed E-state index contributed by atoms with van der Waals surface area (Å²) in [5.41, 5.74) is 0. The highest BCUT2D eigenvalue weighted by Crippen LogP contribution is 2.07. The summed E-state index contributed by atoms with van der Waals surface area (Å²) in [4.78, 5) is 11.2. The number of rotatable bonds is 2. The van der Waals surface area contributed by atoms with E-state index in [4.69, 9.17) is 0 Å². The smallest absolute Gasteiger partial charge is 0.315 e. The van der Waals surface area contributed by atoms with Crippen LogP contribution in [0.5, 0.6) is 0 Å². The van der Waals surface area contributed by atoms with Gasteiger partial charge in [-0.2, -0.15) is 0 Å². The third kappa shape index (κ3) is 3.37. The largest absolute Gasteiger partial charge is 0.336 e. The highest BCUT2D eigenvalue weighted by molar-refractivity contribution is 7.94. The van der Waals surface area contributed by atoms with E-state index < -0.39 is 15.9 Å². The molecule has 1 aliphatic heterocycles. The first-order valence-corrected chi connectivity index (χ1v) is 6.08. The molecule has 0 aromatic heterocycles. The molecule has 0 spiro atoms. The molecule has 0 aliphatic carbocycles. The minimum Gasteiger partial charge on any atom is -0.336 e. The first-order valence-electron chi connectivity index (χ1n) is 4.37.